The summed E-state index contributed by atoms with van der Waals surface area (Å²) in [6.45, 7) is 17.6. The summed E-state index contributed by atoms with van der Waals surface area (Å²) in [7, 11) is -2.67. The molecule has 1 saturated carbocycles. The Balaban J connectivity index is 2.25. The van der Waals surface area contributed by atoms with Crippen molar-refractivity contribution in [2.24, 2.45) is 11.3 Å². The molecule has 0 bridgehead atoms. The average Bonchev–Trinajstić information content (AvgIpc) is 2.87. The van der Waals surface area contributed by atoms with Crippen molar-refractivity contribution in [2.75, 3.05) is 0 Å². The van der Waals surface area contributed by atoms with Gasteiger partial charge in [-0.15, -0.1) is 0 Å². The summed E-state index contributed by atoms with van der Waals surface area (Å²) in [5, 5.41) is 13.3. The van der Waals surface area contributed by atoms with Crippen molar-refractivity contribution in [1.82, 2.24) is 0 Å². The first-order chi connectivity index (χ1) is 13.5. The van der Waals surface area contributed by atoms with Crippen molar-refractivity contribution >= 4 is 18.7 Å². The lowest BCUT2D eigenvalue weighted by Gasteiger charge is -2.48. The van der Waals surface area contributed by atoms with Gasteiger partial charge in [-0.3, -0.25) is 0 Å². The van der Waals surface area contributed by atoms with Crippen LogP contribution in [0, 0.1) is 11.3 Å². The fraction of sp³-hybridized carbons (Fsp3) is 0.462. The fourth-order valence-corrected chi connectivity index (χ4v) is 10.0. The van der Waals surface area contributed by atoms with E-state index in [1.54, 1.807) is 0 Å². The first-order valence-electron chi connectivity index (χ1n) is 10.6. The molecule has 1 fully saturated rings. The molecule has 0 aromatic heterocycles. The summed E-state index contributed by atoms with van der Waals surface area (Å²) in [4.78, 5) is 0. The summed E-state index contributed by atoms with van der Waals surface area (Å²) >= 11 is 0. The molecule has 3 heteroatoms. The lowest BCUT2D eigenvalue weighted by atomic mass is 9.86. The minimum atomic E-state index is -2.67. The van der Waals surface area contributed by atoms with Gasteiger partial charge in [-0.1, -0.05) is 107 Å². The number of aliphatic hydroxyl groups excluding tert-OH is 1. The van der Waals surface area contributed by atoms with Crippen LogP contribution in [-0.4, -0.2) is 25.6 Å². The Morgan fingerprint density at radius 1 is 1.00 bits per heavy atom. The Labute approximate surface area is 177 Å². The first kappa shape index (κ1) is 22.0. The van der Waals surface area contributed by atoms with E-state index in [1.807, 2.05) is 6.92 Å². The molecule has 2 nitrogen and oxygen atoms in total. The Kier molecular flexibility index (Phi) is 5.97. The molecule has 0 amide bonds. The lowest BCUT2D eigenvalue weighted by Crippen LogP contribution is -2.68. The maximum absolute atomic E-state index is 10.9. The number of hydrogen-bond donors (Lipinski definition) is 1. The van der Waals surface area contributed by atoms with Crippen molar-refractivity contribution < 1.29 is 9.53 Å². The zero-order valence-electron chi connectivity index (χ0n) is 18.8. The van der Waals surface area contributed by atoms with E-state index >= 15 is 0 Å². The van der Waals surface area contributed by atoms with Crippen LogP contribution in [0.4, 0.5) is 0 Å². The van der Waals surface area contributed by atoms with Gasteiger partial charge in [-0.05, 0) is 34.2 Å². The maximum Gasteiger partial charge on any atom is 0.261 e. The van der Waals surface area contributed by atoms with Gasteiger partial charge in [0.25, 0.3) is 8.32 Å². The van der Waals surface area contributed by atoms with Crippen molar-refractivity contribution in [3.05, 3.63) is 72.8 Å². The maximum atomic E-state index is 10.9. The number of aliphatic hydroxyl groups is 1. The topological polar surface area (TPSA) is 29.5 Å². The lowest BCUT2D eigenvalue weighted by molar-refractivity contribution is 0.0597. The van der Waals surface area contributed by atoms with Gasteiger partial charge in [0.05, 0.1) is 12.2 Å². The number of benzene rings is 2. The predicted molar refractivity (Wildman–Crippen MR) is 125 cm³/mol. The third-order valence-electron chi connectivity index (χ3n) is 6.54. The van der Waals surface area contributed by atoms with Gasteiger partial charge in [-0.2, -0.15) is 0 Å². The molecule has 29 heavy (non-hydrogen) atoms. The van der Waals surface area contributed by atoms with Gasteiger partial charge in [0, 0.05) is 5.92 Å². The highest BCUT2D eigenvalue weighted by atomic mass is 28.4. The first-order valence-corrected chi connectivity index (χ1v) is 12.5. The van der Waals surface area contributed by atoms with Gasteiger partial charge < -0.3 is 9.53 Å². The van der Waals surface area contributed by atoms with E-state index in [2.05, 4.69) is 102 Å². The largest absolute Gasteiger partial charge is 0.403 e. The zero-order chi connectivity index (χ0) is 21.4. The van der Waals surface area contributed by atoms with Crippen LogP contribution in [0.1, 0.15) is 48.0 Å². The quantitative estimate of drug-likeness (QED) is 0.562. The van der Waals surface area contributed by atoms with Crippen LogP contribution in [0.5, 0.6) is 0 Å². The minimum absolute atomic E-state index is 0.0494. The SMILES string of the molecule is C=C(C)[C@H]1[C@H](O)CC(C)(C)[C@H]1O[Si](c1ccccc1)(c1ccccc1)C(C)(C)C. The van der Waals surface area contributed by atoms with Crippen LogP contribution in [0.2, 0.25) is 5.04 Å². The van der Waals surface area contributed by atoms with Crippen LogP contribution in [0.15, 0.2) is 72.8 Å². The Hall–Kier alpha value is -1.68. The van der Waals surface area contributed by atoms with E-state index in [0.29, 0.717) is 0 Å². The van der Waals surface area contributed by atoms with Gasteiger partial charge in [0.2, 0.25) is 0 Å². The third-order valence-corrected chi connectivity index (χ3v) is 11.5. The molecule has 1 aliphatic rings. The van der Waals surface area contributed by atoms with Gasteiger partial charge in [0.15, 0.2) is 0 Å². The molecule has 1 aliphatic carbocycles. The Morgan fingerprint density at radius 2 is 1.45 bits per heavy atom. The molecule has 0 saturated heterocycles. The molecular formula is C26H36O2Si. The van der Waals surface area contributed by atoms with E-state index in [0.717, 1.165) is 12.0 Å². The summed E-state index contributed by atoms with van der Waals surface area (Å²) in [5.41, 5.74) is 0.877. The minimum Gasteiger partial charge on any atom is -0.403 e. The van der Waals surface area contributed by atoms with E-state index in [9.17, 15) is 5.11 Å². The van der Waals surface area contributed by atoms with E-state index in [1.165, 1.54) is 10.4 Å². The Bertz CT molecular complexity index is 797. The average molecular weight is 409 g/mol. The molecule has 0 aliphatic heterocycles. The molecule has 0 spiro atoms. The molecule has 0 unspecified atom stereocenters. The highest BCUT2D eigenvalue weighted by Gasteiger charge is 2.57. The molecular weight excluding hydrogens is 372 g/mol. The van der Waals surface area contributed by atoms with Crippen molar-refractivity contribution in [3.8, 4) is 0 Å². The highest BCUT2D eigenvalue weighted by Crippen LogP contribution is 2.49. The second kappa shape index (κ2) is 7.86. The second-order valence-electron chi connectivity index (χ2n) is 10.3. The van der Waals surface area contributed by atoms with Crippen molar-refractivity contribution in [3.63, 3.8) is 0 Å². The normalized spacial score (nSPS) is 24.4. The predicted octanol–water partition coefficient (Wildman–Crippen LogP) is 4.91. The van der Waals surface area contributed by atoms with E-state index in [-0.39, 0.29) is 22.5 Å². The monoisotopic (exact) mass is 408 g/mol. The molecule has 3 rings (SSSR count). The molecule has 156 valence electrons. The van der Waals surface area contributed by atoms with Gasteiger partial charge in [-0.25, -0.2) is 0 Å². The molecule has 2 aromatic rings. The molecule has 3 atom stereocenters. The number of hydrogen-bond acceptors (Lipinski definition) is 2. The van der Waals surface area contributed by atoms with Crippen LogP contribution in [-0.2, 0) is 4.43 Å². The fourth-order valence-electron chi connectivity index (χ4n) is 5.17. The van der Waals surface area contributed by atoms with E-state index < -0.39 is 14.4 Å². The molecule has 0 radical (unpaired) electrons. The summed E-state index contributed by atoms with van der Waals surface area (Å²) in [6, 6.07) is 21.5. The van der Waals surface area contributed by atoms with Gasteiger partial charge in [0.1, 0.15) is 0 Å². The van der Waals surface area contributed by atoms with E-state index in [4.69, 9.17) is 4.43 Å². The van der Waals surface area contributed by atoms with Crippen LogP contribution in [0.3, 0.4) is 0 Å². The summed E-state index contributed by atoms with van der Waals surface area (Å²) in [6.07, 6.45) is 0.236. The van der Waals surface area contributed by atoms with Crippen molar-refractivity contribution in [1.29, 1.82) is 0 Å². The Morgan fingerprint density at radius 3 is 1.83 bits per heavy atom. The molecule has 0 heterocycles. The van der Waals surface area contributed by atoms with Crippen LogP contribution >= 0.6 is 0 Å². The summed E-state index contributed by atoms with van der Waals surface area (Å²) < 4.78 is 7.41. The zero-order valence-corrected chi connectivity index (χ0v) is 19.8. The van der Waals surface area contributed by atoms with Crippen LogP contribution in [0.25, 0.3) is 0 Å². The smallest absolute Gasteiger partial charge is 0.261 e. The second-order valence-corrected chi connectivity index (χ2v) is 14.6. The van der Waals surface area contributed by atoms with Gasteiger partial charge >= 0.3 is 0 Å². The molecule has 2 aromatic carbocycles. The standard InChI is InChI=1S/C26H36O2Si/c1-19(2)23-22(27)18-26(6,7)24(23)28-29(25(3,4)5,20-14-10-8-11-15-20)21-16-12-9-13-17-21/h8-17,22-24,27H,1,18H2,2-7H3/t22-,23+,24+/m1/s1. The summed E-state index contributed by atoms with van der Waals surface area (Å²) in [5.74, 6) is -0.0494. The molecule has 1 N–H and O–H groups in total. The third kappa shape index (κ3) is 3.88. The van der Waals surface area contributed by atoms with Crippen LogP contribution < -0.4 is 10.4 Å². The highest BCUT2D eigenvalue weighted by molar-refractivity contribution is 6.99. The van der Waals surface area contributed by atoms with Crippen molar-refractivity contribution in [2.45, 2.75) is 65.2 Å². The number of rotatable bonds is 5.